The van der Waals surface area contributed by atoms with Gasteiger partial charge in [-0.25, -0.2) is 0 Å². The van der Waals surface area contributed by atoms with E-state index in [-0.39, 0.29) is 0 Å². The first-order chi connectivity index (χ1) is 9.72. The van der Waals surface area contributed by atoms with E-state index in [2.05, 4.69) is 22.3 Å². The monoisotopic (exact) mass is 275 g/mol. The lowest BCUT2D eigenvalue weighted by Gasteiger charge is -2.35. The van der Waals surface area contributed by atoms with Gasteiger partial charge < -0.3 is 15.1 Å². The second-order valence-corrected chi connectivity index (χ2v) is 4.87. The molecule has 1 aromatic rings. The molecule has 0 saturated carbocycles. The molecular formula is C15H21N3O2. The first-order valence-electron chi connectivity index (χ1n) is 7.09. The predicted octanol–water partition coefficient (Wildman–Crippen LogP) is 0.861. The number of piperazine rings is 1. The maximum Gasteiger partial charge on any atom is 0.312 e. The van der Waals surface area contributed by atoms with Crippen molar-refractivity contribution in [3.63, 3.8) is 0 Å². The second-order valence-electron chi connectivity index (χ2n) is 4.87. The summed E-state index contributed by atoms with van der Waals surface area (Å²) < 4.78 is 0. The highest BCUT2D eigenvalue weighted by atomic mass is 16.2. The summed E-state index contributed by atoms with van der Waals surface area (Å²) in [7, 11) is 0. The molecule has 0 aromatic heterocycles. The van der Waals surface area contributed by atoms with Gasteiger partial charge in [0.05, 0.1) is 0 Å². The lowest BCUT2D eigenvalue weighted by Crippen LogP contribution is -2.52. The van der Waals surface area contributed by atoms with Crippen molar-refractivity contribution in [3.05, 3.63) is 30.3 Å². The van der Waals surface area contributed by atoms with Gasteiger partial charge in [-0.3, -0.25) is 9.59 Å². The average molecular weight is 275 g/mol. The number of hydrogen-bond acceptors (Lipinski definition) is 3. The zero-order valence-corrected chi connectivity index (χ0v) is 11.8. The van der Waals surface area contributed by atoms with Gasteiger partial charge in [0.25, 0.3) is 0 Å². The van der Waals surface area contributed by atoms with E-state index >= 15 is 0 Å². The minimum absolute atomic E-state index is 0.411. The van der Waals surface area contributed by atoms with Crippen LogP contribution in [0.4, 0.5) is 5.69 Å². The van der Waals surface area contributed by atoms with Gasteiger partial charge in [0, 0.05) is 38.4 Å². The van der Waals surface area contributed by atoms with Crippen LogP contribution in [0.5, 0.6) is 0 Å². The normalized spacial score (nSPS) is 15.1. The van der Waals surface area contributed by atoms with E-state index < -0.39 is 11.8 Å². The van der Waals surface area contributed by atoms with Crippen LogP contribution in [-0.4, -0.2) is 49.4 Å². The van der Waals surface area contributed by atoms with Crippen LogP contribution in [-0.2, 0) is 9.59 Å². The smallest absolute Gasteiger partial charge is 0.312 e. The zero-order valence-electron chi connectivity index (χ0n) is 11.8. The van der Waals surface area contributed by atoms with Crippen molar-refractivity contribution in [1.29, 1.82) is 0 Å². The van der Waals surface area contributed by atoms with E-state index in [1.165, 1.54) is 0 Å². The molecule has 1 fully saturated rings. The molecule has 2 amide bonds. The molecule has 5 heteroatoms. The lowest BCUT2D eigenvalue weighted by molar-refractivity contribution is -0.146. The SMILES string of the molecule is CCCNC(=O)C(=O)N1CCN(c2ccccc2)CC1. The molecule has 1 N–H and O–H groups in total. The van der Waals surface area contributed by atoms with E-state index in [4.69, 9.17) is 0 Å². The van der Waals surface area contributed by atoms with Crippen molar-refractivity contribution >= 4 is 17.5 Å². The first-order valence-corrected chi connectivity index (χ1v) is 7.09. The summed E-state index contributed by atoms with van der Waals surface area (Å²) in [6.45, 7) is 5.21. The maximum absolute atomic E-state index is 11.9. The molecule has 0 unspecified atom stereocenters. The summed E-state index contributed by atoms with van der Waals surface area (Å²) >= 11 is 0. The van der Waals surface area contributed by atoms with Gasteiger partial charge in [0.1, 0.15) is 0 Å². The molecule has 0 atom stereocenters. The quantitative estimate of drug-likeness (QED) is 0.833. The van der Waals surface area contributed by atoms with Crippen molar-refractivity contribution in [1.82, 2.24) is 10.2 Å². The second kappa shape index (κ2) is 6.93. The Morgan fingerprint density at radius 2 is 1.75 bits per heavy atom. The highest BCUT2D eigenvalue weighted by Crippen LogP contribution is 2.15. The summed E-state index contributed by atoms with van der Waals surface area (Å²) in [5, 5.41) is 2.63. The van der Waals surface area contributed by atoms with Gasteiger partial charge in [-0.2, -0.15) is 0 Å². The Morgan fingerprint density at radius 3 is 2.35 bits per heavy atom. The van der Waals surface area contributed by atoms with Crippen LogP contribution in [0.1, 0.15) is 13.3 Å². The minimum atomic E-state index is -0.486. The number of amides is 2. The van der Waals surface area contributed by atoms with Crippen LogP contribution in [0.2, 0.25) is 0 Å². The number of hydrogen-bond donors (Lipinski definition) is 1. The van der Waals surface area contributed by atoms with Gasteiger partial charge in [-0.15, -0.1) is 0 Å². The van der Waals surface area contributed by atoms with Crippen molar-refractivity contribution < 1.29 is 9.59 Å². The topological polar surface area (TPSA) is 52.7 Å². The number of nitrogens with one attached hydrogen (secondary N) is 1. The Kier molecular flexibility index (Phi) is 4.98. The maximum atomic E-state index is 11.9. The van der Waals surface area contributed by atoms with Crippen LogP contribution < -0.4 is 10.2 Å². The molecule has 1 heterocycles. The first kappa shape index (κ1) is 14.4. The molecule has 1 saturated heterocycles. The van der Waals surface area contributed by atoms with E-state index in [9.17, 15) is 9.59 Å². The zero-order chi connectivity index (χ0) is 14.4. The average Bonchev–Trinajstić information content (AvgIpc) is 2.53. The fourth-order valence-electron chi connectivity index (χ4n) is 2.26. The number of benzene rings is 1. The Labute approximate surface area is 119 Å². The van der Waals surface area contributed by atoms with Gasteiger partial charge in [0.2, 0.25) is 0 Å². The predicted molar refractivity (Wildman–Crippen MR) is 78.5 cm³/mol. The number of rotatable bonds is 3. The number of anilines is 1. The van der Waals surface area contributed by atoms with Crippen molar-refractivity contribution in [3.8, 4) is 0 Å². The largest absolute Gasteiger partial charge is 0.368 e. The van der Waals surface area contributed by atoms with Crippen LogP contribution in [0, 0.1) is 0 Å². The molecule has 0 spiro atoms. The molecule has 1 aromatic carbocycles. The standard InChI is InChI=1S/C15H21N3O2/c1-2-8-16-14(19)15(20)18-11-9-17(10-12-18)13-6-4-3-5-7-13/h3-7H,2,8-12H2,1H3,(H,16,19). The van der Waals surface area contributed by atoms with Gasteiger partial charge >= 0.3 is 11.8 Å². The summed E-state index contributed by atoms with van der Waals surface area (Å²) in [6, 6.07) is 10.1. The molecule has 1 aliphatic rings. The molecule has 0 radical (unpaired) electrons. The summed E-state index contributed by atoms with van der Waals surface area (Å²) in [5.41, 5.74) is 1.16. The molecule has 2 rings (SSSR count). The van der Waals surface area contributed by atoms with Gasteiger partial charge in [-0.1, -0.05) is 25.1 Å². The van der Waals surface area contributed by atoms with E-state index in [0.29, 0.717) is 19.6 Å². The van der Waals surface area contributed by atoms with Crippen LogP contribution in [0.25, 0.3) is 0 Å². The number of para-hydroxylation sites is 1. The van der Waals surface area contributed by atoms with E-state index in [0.717, 1.165) is 25.2 Å². The molecule has 5 nitrogen and oxygen atoms in total. The minimum Gasteiger partial charge on any atom is -0.368 e. The third kappa shape index (κ3) is 3.50. The number of carbonyl (C=O) groups excluding carboxylic acids is 2. The summed E-state index contributed by atoms with van der Waals surface area (Å²) in [5.74, 6) is -0.897. The Balaban J connectivity index is 1.85. The Hall–Kier alpha value is -2.04. The summed E-state index contributed by atoms with van der Waals surface area (Å²) in [4.78, 5) is 27.4. The lowest BCUT2D eigenvalue weighted by atomic mass is 10.2. The molecule has 20 heavy (non-hydrogen) atoms. The highest BCUT2D eigenvalue weighted by molar-refractivity contribution is 6.35. The Morgan fingerprint density at radius 1 is 1.10 bits per heavy atom. The molecule has 108 valence electrons. The number of carbonyl (C=O) groups is 2. The number of nitrogens with zero attached hydrogens (tertiary/aromatic N) is 2. The van der Waals surface area contributed by atoms with Crippen LogP contribution >= 0.6 is 0 Å². The fraction of sp³-hybridized carbons (Fsp3) is 0.467. The molecule has 0 bridgehead atoms. The third-order valence-electron chi connectivity index (χ3n) is 3.42. The molecular weight excluding hydrogens is 254 g/mol. The van der Waals surface area contributed by atoms with Crippen LogP contribution in [0.3, 0.4) is 0 Å². The van der Waals surface area contributed by atoms with Crippen molar-refractivity contribution in [2.75, 3.05) is 37.6 Å². The molecule has 0 aliphatic carbocycles. The van der Waals surface area contributed by atoms with Crippen LogP contribution in [0.15, 0.2) is 30.3 Å². The summed E-state index contributed by atoms with van der Waals surface area (Å²) in [6.07, 6.45) is 0.834. The van der Waals surface area contributed by atoms with Gasteiger partial charge in [0.15, 0.2) is 0 Å². The van der Waals surface area contributed by atoms with Crippen molar-refractivity contribution in [2.45, 2.75) is 13.3 Å². The molecule has 1 aliphatic heterocycles. The van der Waals surface area contributed by atoms with E-state index in [1.54, 1.807) is 4.90 Å². The third-order valence-corrected chi connectivity index (χ3v) is 3.42. The fourth-order valence-corrected chi connectivity index (χ4v) is 2.26. The Bertz CT molecular complexity index is 453. The van der Waals surface area contributed by atoms with E-state index in [1.807, 2.05) is 25.1 Å². The van der Waals surface area contributed by atoms with Crippen molar-refractivity contribution in [2.24, 2.45) is 0 Å². The highest BCUT2D eigenvalue weighted by Gasteiger charge is 2.25. The van der Waals surface area contributed by atoms with Gasteiger partial charge in [-0.05, 0) is 18.6 Å².